The highest BCUT2D eigenvalue weighted by atomic mass is 16.6. The third kappa shape index (κ3) is 23.2. The van der Waals surface area contributed by atoms with Crippen molar-refractivity contribution in [3.63, 3.8) is 0 Å². The first-order chi connectivity index (χ1) is 13.7. The van der Waals surface area contributed by atoms with Gasteiger partial charge in [0.1, 0.15) is 0 Å². The van der Waals surface area contributed by atoms with Crippen LogP contribution in [0.1, 0.15) is 20.3 Å². The van der Waals surface area contributed by atoms with Gasteiger partial charge in [-0.1, -0.05) is 0 Å². The van der Waals surface area contributed by atoms with Gasteiger partial charge in [-0.2, -0.15) is 0 Å². The highest BCUT2D eigenvalue weighted by molar-refractivity contribution is 5.69. The summed E-state index contributed by atoms with van der Waals surface area (Å²) in [6.45, 7) is 10.6. The van der Waals surface area contributed by atoms with E-state index < -0.39 is 0 Å². The molecule has 0 aromatic rings. The van der Waals surface area contributed by atoms with Crippen molar-refractivity contribution in [3.05, 3.63) is 0 Å². The molecule has 0 atom stereocenters. The topological polar surface area (TPSA) is 90.9 Å². The third-order valence-corrected chi connectivity index (χ3v) is 3.22. The number of carbonyl (C=O) groups excluding carboxylic acids is 1. The second-order valence-corrected chi connectivity index (χ2v) is 5.92. The number of esters is 1. The lowest BCUT2D eigenvalue weighted by atomic mass is 10.5. The highest BCUT2D eigenvalue weighted by Gasteiger charge is 1.99. The quantitative estimate of drug-likeness (QED) is 0.192. The van der Waals surface area contributed by atoms with Crippen molar-refractivity contribution in [3.8, 4) is 0 Å². The van der Waals surface area contributed by atoms with E-state index in [0.29, 0.717) is 85.9 Å². The minimum Gasteiger partial charge on any atom is -0.469 e. The van der Waals surface area contributed by atoms with Crippen LogP contribution < -0.4 is 0 Å². The predicted octanol–water partition coefficient (Wildman–Crippen LogP) is 1.07. The number of carbonyl (C=O) groups is 1. The summed E-state index contributed by atoms with van der Waals surface area (Å²) in [6.07, 6.45) is 0.491. The maximum absolute atomic E-state index is 10.8. The van der Waals surface area contributed by atoms with Crippen LogP contribution in [-0.4, -0.2) is 105 Å². The molecule has 0 saturated heterocycles. The molecule has 0 aliphatic carbocycles. The van der Waals surface area contributed by atoms with Gasteiger partial charge in [0.05, 0.1) is 106 Å². The molecule has 0 saturated carbocycles. The molecular weight excluding hydrogens is 372 g/mol. The molecule has 168 valence electrons. The normalized spacial score (nSPS) is 11.3. The SMILES string of the molecule is COC(=O)CCOCCOCCOCCOCCOCCOCCOC(C)C. The van der Waals surface area contributed by atoms with Gasteiger partial charge in [-0.3, -0.25) is 4.79 Å². The van der Waals surface area contributed by atoms with Crippen molar-refractivity contribution in [2.45, 2.75) is 26.4 Å². The Morgan fingerprint density at radius 2 is 0.893 bits per heavy atom. The smallest absolute Gasteiger partial charge is 0.307 e. The van der Waals surface area contributed by atoms with Crippen LogP contribution in [0.3, 0.4) is 0 Å². The molecule has 0 unspecified atom stereocenters. The van der Waals surface area contributed by atoms with E-state index in [0.717, 1.165) is 0 Å². The Hall–Kier alpha value is -0.810. The molecule has 9 nitrogen and oxygen atoms in total. The summed E-state index contributed by atoms with van der Waals surface area (Å²) in [7, 11) is 1.35. The Kier molecular flexibility index (Phi) is 21.8. The van der Waals surface area contributed by atoms with Crippen molar-refractivity contribution in [2.24, 2.45) is 0 Å². The van der Waals surface area contributed by atoms with Gasteiger partial charge in [0, 0.05) is 0 Å². The first-order valence-corrected chi connectivity index (χ1v) is 9.81. The van der Waals surface area contributed by atoms with Gasteiger partial charge in [0.15, 0.2) is 0 Å². The van der Waals surface area contributed by atoms with Crippen molar-refractivity contribution in [2.75, 3.05) is 93.0 Å². The van der Waals surface area contributed by atoms with Crippen LogP contribution in [0.15, 0.2) is 0 Å². The van der Waals surface area contributed by atoms with Gasteiger partial charge < -0.3 is 37.9 Å². The Bertz CT molecular complexity index is 327. The van der Waals surface area contributed by atoms with Crippen LogP contribution in [0.25, 0.3) is 0 Å². The Morgan fingerprint density at radius 1 is 0.571 bits per heavy atom. The highest BCUT2D eigenvalue weighted by Crippen LogP contribution is 1.89. The molecule has 0 bridgehead atoms. The molecular formula is C19H38O9. The summed E-state index contributed by atoms with van der Waals surface area (Å²) >= 11 is 0. The molecule has 0 aliphatic rings. The van der Waals surface area contributed by atoms with Crippen LogP contribution in [0, 0.1) is 0 Å². The summed E-state index contributed by atoms with van der Waals surface area (Å²) in [4.78, 5) is 10.8. The Balaban J connectivity index is 3.02. The van der Waals surface area contributed by atoms with E-state index in [-0.39, 0.29) is 18.5 Å². The molecule has 0 aromatic carbocycles. The first-order valence-electron chi connectivity index (χ1n) is 9.81. The standard InChI is InChI=1S/C19H38O9/c1-18(2)28-17-16-27-15-14-26-13-12-25-11-10-24-9-8-23-7-6-22-5-4-19(20)21-3/h18H,4-17H2,1-3H3. The number of ether oxygens (including phenoxy) is 8. The summed E-state index contributed by atoms with van der Waals surface area (Å²) in [5, 5.41) is 0. The second kappa shape index (κ2) is 22.5. The lowest BCUT2D eigenvalue weighted by molar-refractivity contribution is -0.141. The van der Waals surface area contributed by atoms with Gasteiger partial charge in [0.25, 0.3) is 0 Å². The number of rotatable bonds is 22. The zero-order valence-corrected chi connectivity index (χ0v) is 17.7. The van der Waals surface area contributed by atoms with Crippen LogP contribution in [0.5, 0.6) is 0 Å². The number of hydrogen-bond donors (Lipinski definition) is 0. The lowest BCUT2D eigenvalue weighted by Gasteiger charge is -2.09. The zero-order valence-electron chi connectivity index (χ0n) is 17.7. The van der Waals surface area contributed by atoms with Crippen molar-refractivity contribution < 1.29 is 42.7 Å². The minimum atomic E-state index is -0.278. The summed E-state index contributed by atoms with van der Waals surface area (Å²) in [6, 6.07) is 0. The molecule has 0 amide bonds. The van der Waals surface area contributed by atoms with Crippen molar-refractivity contribution in [1.82, 2.24) is 0 Å². The molecule has 0 spiro atoms. The van der Waals surface area contributed by atoms with Crippen molar-refractivity contribution >= 4 is 5.97 Å². The van der Waals surface area contributed by atoms with Crippen LogP contribution >= 0.6 is 0 Å². The minimum absolute atomic E-state index is 0.235. The predicted molar refractivity (Wildman–Crippen MR) is 103 cm³/mol. The van der Waals surface area contributed by atoms with Crippen LogP contribution in [-0.2, 0) is 42.7 Å². The number of methoxy groups -OCH3 is 1. The molecule has 9 heteroatoms. The fourth-order valence-corrected chi connectivity index (χ4v) is 1.80. The van der Waals surface area contributed by atoms with Gasteiger partial charge >= 0.3 is 5.97 Å². The average molecular weight is 411 g/mol. The van der Waals surface area contributed by atoms with E-state index in [9.17, 15) is 4.79 Å². The summed E-state index contributed by atoms with van der Waals surface area (Å²) < 4.78 is 42.0. The second-order valence-electron chi connectivity index (χ2n) is 5.92. The first kappa shape index (κ1) is 27.2. The molecule has 0 radical (unpaired) electrons. The van der Waals surface area contributed by atoms with E-state index in [4.69, 9.17) is 33.2 Å². The molecule has 0 N–H and O–H groups in total. The van der Waals surface area contributed by atoms with E-state index >= 15 is 0 Å². The van der Waals surface area contributed by atoms with Gasteiger partial charge in [0.2, 0.25) is 0 Å². The zero-order chi connectivity index (χ0) is 20.7. The van der Waals surface area contributed by atoms with E-state index in [1.165, 1.54) is 7.11 Å². The van der Waals surface area contributed by atoms with Crippen molar-refractivity contribution in [1.29, 1.82) is 0 Å². The maximum atomic E-state index is 10.8. The fourth-order valence-electron chi connectivity index (χ4n) is 1.80. The van der Waals surface area contributed by atoms with Crippen LogP contribution in [0.2, 0.25) is 0 Å². The number of hydrogen-bond acceptors (Lipinski definition) is 9. The molecule has 0 aliphatic heterocycles. The molecule has 0 aromatic heterocycles. The summed E-state index contributed by atoms with van der Waals surface area (Å²) in [5.41, 5.74) is 0. The van der Waals surface area contributed by atoms with E-state index in [1.54, 1.807) is 0 Å². The molecule has 0 rings (SSSR count). The van der Waals surface area contributed by atoms with Gasteiger partial charge in [-0.15, -0.1) is 0 Å². The van der Waals surface area contributed by atoms with Gasteiger partial charge in [-0.05, 0) is 13.8 Å². The average Bonchev–Trinajstić information content (AvgIpc) is 2.68. The Labute approximate surface area is 168 Å². The molecule has 28 heavy (non-hydrogen) atoms. The summed E-state index contributed by atoms with van der Waals surface area (Å²) in [5.74, 6) is -0.278. The lowest BCUT2D eigenvalue weighted by Crippen LogP contribution is -2.15. The van der Waals surface area contributed by atoms with Gasteiger partial charge in [-0.25, -0.2) is 0 Å². The van der Waals surface area contributed by atoms with E-state index in [2.05, 4.69) is 4.74 Å². The molecule has 0 heterocycles. The third-order valence-electron chi connectivity index (χ3n) is 3.22. The molecule has 0 fully saturated rings. The largest absolute Gasteiger partial charge is 0.469 e. The maximum Gasteiger partial charge on any atom is 0.307 e. The Morgan fingerprint density at radius 3 is 1.21 bits per heavy atom. The monoisotopic (exact) mass is 410 g/mol. The van der Waals surface area contributed by atoms with E-state index in [1.807, 2.05) is 13.8 Å². The fraction of sp³-hybridized carbons (Fsp3) is 0.947. The van der Waals surface area contributed by atoms with Crippen LogP contribution in [0.4, 0.5) is 0 Å².